The standard InChI is InChI=1S/C16H33NO/c1-5-10-14(4)15(17-13-6-2)16(18-7-3)11-8-9-12-16/h14-15,17H,5-13H2,1-4H3. The molecule has 2 unspecified atom stereocenters. The molecule has 0 aromatic heterocycles. The van der Waals surface area contributed by atoms with Gasteiger partial charge in [-0.3, -0.25) is 0 Å². The van der Waals surface area contributed by atoms with Crippen molar-refractivity contribution in [3.8, 4) is 0 Å². The van der Waals surface area contributed by atoms with E-state index < -0.39 is 0 Å². The normalized spacial score (nSPS) is 22.0. The third kappa shape index (κ3) is 3.96. The van der Waals surface area contributed by atoms with Gasteiger partial charge < -0.3 is 10.1 Å². The molecule has 1 fully saturated rings. The summed E-state index contributed by atoms with van der Waals surface area (Å²) in [7, 11) is 0. The van der Waals surface area contributed by atoms with Crippen LogP contribution < -0.4 is 5.32 Å². The van der Waals surface area contributed by atoms with Crippen LogP contribution >= 0.6 is 0 Å². The summed E-state index contributed by atoms with van der Waals surface area (Å²) in [5.74, 6) is 0.714. The first-order valence-electron chi connectivity index (χ1n) is 8.07. The van der Waals surface area contributed by atoms with Crippen LogP contribution in [0.1, 0.15) is 72.6 Å². The summed E-state index contributed by atoms with van der Waals surface area (Å²) in [6.45, 7) is 11.0. The molecular weight excluding hydrogens is 222 g/mol. The molecule has 0 spiro atoms. The van der Waals surface area contributed by atoms with E-state index in [4.69, 9.17) is 4.74 Å². The van der Waals surface area contributed by atoms with Crippen molar-refractivity contribution in [2.75, 3.05) is 13.2 Å². The van der Waals surface area contributed by atoms with Crippen LogP contribution in [0.2, 0.25) is 0 Å². The summed E-state index contributed by atoms with van der Waals surface area (Å²) < 4.78 is 6.25. The fraction of sp³-hybridized carbons (Fsp3) is 1.00. The van der Waals surface area contributed by atoms with E-state index in [1.165, 1.54) is 44.9 Å². The summed E-state index contributed by atoms with van der Waals surface area (Å²) in [4.78, 5) is 0. The second-order valence-electron chi connectivity index (χ2n) is 5.90. The summed E-state index contributed by atoms with van der Waals surface area (Å²) >= 11 is 0. The average molecular weight is 255 g/mol. The molecule has 18 heavy (non-hydrogen) atoms. The van der Waals surface area contributed by atoms with E-state index in [0.29, 0.717) is 12.0 Å². The highest BCUT2D eigenvalue weighted by Crippen LogP contribution is 2.39. The van der Waals surface area contributed by atoms with E-state index >= 15 is 0 Å². The molecule has 0 aliphatic heterocycles. The molecule has 1 rings (SSSR count). The van der Waals surface area contributed by atoms with Crippen LogP contribution in [-0.4, -0.2) is 24.8 Å². The third-order valence-electron chi connectivity index (χ3n) is 4.38. The molecule has 0 radical (unpaired) electrons. The minimum Gasteiger partial charge on any atom is -0.374 e. The molecule has 1 aliphatic rings. The molecule has 1 N–H and O–H groups in total. The van der Waals surface area contributed by atoms with Gasteiger partial charge in [0.2, 0.25) is 0 Å². The zero-order chi connectivity index (χ0) is 13.4. The van der Waals surface area contributed by atoms with Crippen molar-refractivity contribution >= 4 is 0 Å². The third-order valence-corrected chi connectivity index (χ3v) is 4.38. The molecule has 1 saturated carbocycles. The van der Waals surface area contributed by atoms with E-state index in [-0.39, 0.29) is 5.60 Å². The van der Waals surface area contributed by atoms with Gasteiger partial charge in [-0.05, 0) is 45.1 Å². The fourth-order valence-corrected chi connectivity index (χ4v) is 3.63. The molecule has 0 amide bonds. The zero-order valence-corrected chi connectivity index (χ0v) is 12.9. The van der Waals surface area contributed by atoms with Gasteiger partial charge >= 0.3 is 0 Å². The summed E-state index contributed by atoms with van der Waals surface area (Å²) in [6, 6.07) is 0.542. The molecule has 1 aliphatic carbocycles. The van der Waals surface area contributed by atoms with Crippen molar-refractivity contribution in [1.29, 1.82) is 0 Å². The van der Waals surface area contributed by atoms with Gasteiger partial charge in [0.05, 0.1) is 5.60 Å². The molecule has 2 nitrogen and oxygen atoms in total. The number of rotatable bonds is 9. The average Bonchev–Trinajstić information content (AvgIpc) is 2.80. The van der Waals surface area contributed by atoms with Gasteiger partial charge in [0.1, 0.15) is 0 Å². The number of hydrogen-bond acceptors (Lipinski definition) is 2. The molecule has 0 heterocycles. The zero-order valence-electron chi connectivity index (χ0n) is 12.9. The summed E-state index contributed by atoms with van der Waals surface area (Å²) in [6.07, 6.45) is 8.94. The second kappa shape index (κ2) is 8.16. The monoisotopic (exact) mass is 255 g/mol. The van der Waals surface area contributed by atoms with Gasteiger partial charge in [-0.2, -0.15) is 0 Å². The Labute approximate surface area is 114 Å². The van der Waals surface area contributed by atoms with Crippen LogP contribution in [0.4, 0.5) is 0 Å². The quantitative estimate of drug-likeness (QED) is 0.668. The van der Waals surface area contributed by atoms with E-state index in [2.05, 4.69) is 33.0 Å². The molecular formula is C16H33NO. The maximum Gasteiger partial charge on any atom is 0.0837 e. The highest BCUT2D eigenvalue weighted by molar-refractivity contribution is 4.99. The van der Waals surface area contributed by atoms with E-state index in [0.717, 1.165) is 13.2 Å². The molecule has 0 aromatic rings. The lowest BCUT2D eigenvalue weighted by Crippen LogP contribution is -2.54. The largest absolute Gasteiger partial charge is 0.374 e. The van der Waals surface area contributed by atoms with Crippen molar-refractivity contribution in [3.63, 3.8) is 0 Å². The van der Waals surface area contributed by atoms with Gasteiger partial charge in [-0.25, -0.2) is 0 Å². The van der Waals surface area contributed by atoms with Gasteiger partial charge in [0, 0.05) is 12.6 Å². The van der Waals surface area contributed by atoms with Crippen LogP contribution in [0.15, 0.2) is 0 Å². The van der Waals surface area contributed by atoms with Gasteiger partial charge in [0.15, 0.2) is 0 Å². The number of nitrogens with one attached hydrogen (secondary N) is 1. The molecule has 0 aromatic carbocycles. The van der Waals surface area contributed by atoms with Crippen molar-refractivity contribution in [3.05, 3.63) is 0 Å². The lowest BCUT2D eigenvalue weighted by molar-refractivity contribution is -0.0743. The Balaban J connectivity index is 2.76. The lowest BCUT2D eigenvalue weighted by Gasteiger charge is -2.41. The smallest absolute Gasteiger partial charge is 0.0837 e. The predicted molar refractivity (Wildman–Crippen MR) is 79.0 cm³/mol. The Kier molecular flexibility index (Phi) is 7.25. The predicted octanol–water partition coefficient (Wildman–Crippen LogP) is 4.14. The molecule has 2 heteroatoms. The highest BCUT2D eigenvalue weighted by atomic mass is 16.5. The minimum atomic E-state index is 0.124. The summed E-state index contributed by atoms with van der Waals surface area (Å²) in [5.41, 5.74) is 0.124. The Morgan fingerprint density at radius 2 is 1.78 bits per heavy atom. The Hall–Kier alpha value is -0.0800. The Bertz CT molecular complexity index is 211. The van der Waals surface area contributed by atoms with E-state index in [9.17, 15) is 0 Å². The van der Waals surface area contributed by atoms with E-state index in [1.807, 2.05) is 0 Å². The minimum absolute atomic E-state index is 0.124. The van der Waals surface area contributed by atoms with E-state index in [1.54, 1.807) is 0 Å². The van der Waals surface area contributed by atoms with Gasteiger partial charge in [-0.15, -0.1) is 0 Å². The first-order valence-corrected chi connectivity index (χ1v) is 8.07. The highest BCUT2D eigenvalue weighted by Gasteiger charge is 2.43. The van der Waals surface area contributed by atoms with Crippen molar-refractivity contribution in [2.45, 2.75) is 84.3 Å². The van der Waals surface area contributed by atoms with Crippen LogP contribution in [0.3, 0.4) is 0 Å². The van der Waals surface area contributed by atoms with Gasteiger partial charge in [-0.1, -0.05) is 40.0 Å². The van der Waals surface area contributed by atoms with Crippen molar-refractivity contribution < 1.29 is 4.74 Å². The first-order chi connectivity index (χ1) is 8.70. The topological polar surface area (TPSA) is 21.3 Å². The lowest BCUT2D eigenvalue weighted by atomic mass is 9.81. The van der Waals surface area contributed by atoms with Crippen LogP contribution in [0, 0.1) is 5.92 Å². The fourth-order valence-electron chi connectivity index (χ4n) is 3.63. The van der Waals surface area contributed by atoms with Crippen LogP contribution in [0.5, 0.6) is 0 Å². The van der Waals surface area contributed by atoms with Crippen molar-refractivity contribution in [1.82, 2.24) is 5.32 Å². The van der Waals surface area contributed by atoms with Crippen LogP contribution in [-0.2, 0) is 4.74 Å². The second-order valence-corrected chi connectivity index (χ2v) is 5.90. The molecule has 0 bridgehead atoms. The first kappa shape index (κ1) is 16.0. The summed E-state index contributed by atoms with van der Waals surface area (Å²) in [5, 5.41) is 3.80. The SMILES string of the molecule is CCCNC(C(C)CCC)C1(OCC)CCCC1. The van der Waals surface area contributed by atoms with Gasteiger partial charge in [0.25, 0.3) is 0 Å². The Morgan fingerprint density at radius 3 is 2.28 bits per heavy atom. The molecule has 0 saturated heterocycles. The molecule has 2 atom stereocenters. The molecule has 108 valence electrons. The maximum absolute atomic E-state index is 6.25. The van der Waals surface area contributed by atoms with Crippen molar-refractivity contribution in [2.24, 2.45) is 5.92 Å². The number of ether oxygens (including phenoxy) is 1. The Morgan fingerprint density at radius 1 is 1.11 bits per heavy atom. The number of hydrogen-bond donors (Lipinski definition) is 1. The van der Waals surface area contributed by atoms with Crippen LogP contribution in [0.25, 0.3) is 0 Å². The maximum atomic E-state index is 6.25.